The molecule has 33 heavy (non-hydrogen) atoms. The molecule has 0 bridgehead atoms. The third-order valence-corrected chi connectivity index (χ3v) is 10.9. The van der Waals surface area contributed by atoms with Crippen LogP contribution >= 0.6 is 0 Å². The number of carbonyl (C=O) groups excluding carboxylic acids is 1. The summed E-state index contributed by atoms with van der Waals surface area (Å²) in [5.41, 5.74) is 1.96. The number of aliphatic hydroxyl groups excluding tert-OH is 2. The van der Waals surface area contributed by atoms with Gasteiger partial charge in [-0.3, -0.25) is 4.79 Å². The van der Waals surface area contributed by atoms with Crippen LogP contribution in [0.3, 0.4) is 0 Å². The molecule has 0 radical (unpaired) electrons. The van der Waals surface area contributed by atoms with Crippen LogP contribution < -0.4 is 0 Å². The van der Waals surface area contributed by atoms with Crippen molar-refractivity contribution < 1.29 is 15.0 Å². The van der Waals surface area contributed by atoms with Gasteiger partial charge in [-0.15, -0.1) is 0 Å². The number of ketones is 1. The molecule has 3 heteroatoms. The second kappa shape index (κ2) is 8.79. The second-order valence-electron chi connectivity index (χ2n) is 12.6. The lowest BCUT2D eigenvalue weighted by Crippen LogP contribution is -2.55. The van der Waals surface area contributed by atoms with E-state index in [0.29, 0.717) is 36.0 Å². The zero-order valence-electron chi connectivity index (χ0n) is 21.7. The minimum Gasteiger partial charge on any atom is -0.395 e. The zero-order chi connectivity index (χ0) is 24.2. The molecule has 3 nitrogen and oxygen atoms in total. The summed E-state index contributed by atoms with van der Waals surface area (Å²) in [6, 6.07) is 0. The Bertz CT molecular complexity index is 866. The molecule has 0 aromatic carbocycles. The molecule has 2 fully saturated rings. The monoisotopic (exact) mass is 454 g/mol. The Hall–Kier alpha value is -1.19. The van der Waals surface area contributed by atoms with Gasteiger partial charge < -0.3 is 10.2 Å². The van der Waals surface area contributed by atoms with E-state index >= 15 is 0 Å². The van der Waals surface area contributed by atoms with Crippen LogP contribution in [-0.4, -0.2) is 28.7 Å². The quantitative estimate of drug-likeness (QED) is 0.466. The lowest BCUT2D eigenvalue weighted by Gasteiger charge is -2.59. The first-order chi connectivity index (χ1) is 15.5. The first-order valence-electron chi connectivity index (χ1n) is 13.5. The standard InChI is InChI=1S/C30H46O3/c1-7-21(19(2)3)9-8-20(4)23-12-14-28(5)24-13-15-30(18-31)16-22(32)10-11-25(30)27(24)26(33)17-29(23,28)6/h8-11,19-21,23-24,26,31,33H,7,12-18H2,1-6H3/b9-8+. The molecule has 0 heterocycles. The summed E-state index contributed by atoms with van der Waals surface area (Å²) in [5, 5.41) is 21.9. The maximum absolute atomic E-state index is 12.2. The molecule has 0 amide bonds. The summed E-state index contributed by atoms with van der Waals surface area (Å²) in [6.07, 6.45) is 14.6. The molecule has 0 aromatic heterocycles. The zero-order valence-corrected chi connectivity index (χ0v) is 21.7. The molecule has 0 aliphatic heterocycles. The Morgan fingerprint density at radius 3 is 2.45 bits per heavy atom. The van der Waals surface area contributed by atoms with Gasteiger partial charge in [-0.2, -0.15) is 0 Å². The van der Waals surface area contributed by atoms with Crippen LogP contribution in [0, 0.1) is 45.8 Å². The molecule has 2 N–H and O–H groups in total. The number of fused-ring (bicyclic) bond motifs is 4. The van der Waals surface area contributed by atoms with Gasteiger partial charge in [0.1, 0.15) is 0 Å². The van der Waals surface area contributed by atoms with Crippen LogP contribution in [0.15, 0.2) is 35.5 Å². The van der Waals surface area contributed by atoms with E-state index in [4.69, 9.17) is 0 Å². The predicted octanol–water partition coefficient (Wildman–Crippen LogP) is 6.26. The normalized spacial score (nSPS) is 42.5. The molecule has 4 aliphatic rings. The summed E-state index contributed by atoms with van der Waals surface area (Å²) in [6.45, 7) is 14.2. The van der Waals surface area contributed by atoms with Gasteiger partial charge in [-0.05, 0) is 96.2 Å². The molecule has 0 aromatic rings. The molecule has 4 rings (SSSR count). The molecular weight excluding hydrogens is 408 g/mol. The summed E-state index contributed by atoms with van der Waals surface area (Å²) in [5.74, 6) is 2.79. The first-order valence-corrected chi connectivity index (χ1v) is 13.5. The van der Waals surface area contributed by atoms with Gasteiger partial charge in [-0.1, -0.05) is 59.8 Å². The minimum absolute atomic E-state index is 0.00572. The van der Waals surface area contributed by atoms with Crippen molar-refractivity contribution in [1.29, 1.82) is 0 Å². The van der Waals surface area contributed by atoms with E-state index in [9.17, 15) is 15.0 Å². The van der Waals surface area contributed by atoms with Crippen LogP contribution in [0.2, 0.25) is 0 Å². The molecule has 0 saturated heterocycles. The minimum atomic E-state index is -0.483. The topological polar surface area (TPSA) is 57.5 Å². The van der Waals surface area contributed by atoms with Crippen LogP contribution in [0.4, 0.5) is 0 Å². The van der Waals surface area contributed by atoms with E-state index in [1.807, 2.05) is 6.08 Å². The van der Waals surface area contributed by atoms with Crippen LogP contribution in [0.5, 0.6) is 0 Å². The fourth-order valence-electron chi connectivity index (χ4n) is 8.60. The van der Waals surface area contributed by atoms with Crippen LogP contribution in [-0.2, 0) is 4.79 Å². The van der Waals surface area contributed by atoms with Crippen molar-refractivity contribution in [1.82, 2.24) is 0 Å². The summed E-state index contributed by atoms with van der Waals surface area (Å²) < 4.78 is 0. The number of rotatable bonds is 6. The molecule has 184 valence electrons. The van der Waals surface area contributed by atoms with E-state index < -0.39 is 11.5 Å². The molecule has 4 aliphatic carbocycles. The number of allylic oxidation sites excluding steroid dienone is 4. The number of hydrogen-bond donors (Lipinski definition) is 2. The fraction of sp³-hybridized carbons (Fsp3) is 0.767. The highest BCUT2D eigenvalue weighted by atomic mass is 16.3. The van der Waals surface area contributed by atoms with E-state index in [-0.39, 0.29) is 23.2 Å². The largest absolute Gasteiger partial charge is 0.395 e. The Morgan fingerprint density at radius 2 is 1.82 bits per heavy atom. The van der Waals surface area contributed by atoms with Crippen molar-refractivity contribution in [3.8, 4) is 0 Å². The van der Waals surface area contributed by atoms with E-state index in [0.717, 1.165) is 30.4 Å². The SMILES string of the molecule is CCC(/C=C/C(C)C1CCC2(C)C3CCC4(CO)CC(=O)C=CC4=C3C(O)CC12C)C(C)C. The predicted molar refractivity (Wildman–Crippen MR) is 135 cm³/mol. The maximum Gasteiger partial charge on any atom is 0.156 e. The van der Waals surface area contributed by atoms with Gasteiger partial charge >= 0.3 is 0 Å². The van der Waals surface area contributed by atoms with Crippen molar-refractivity contribution in [3.63, 3.8) is 0 Å². The van der Waals surface area contributed by atoms with E-state index in [1.165, 1.54) is 19.3 Å². The van der Waals surface area contributed by atoms with Gasteiger partial charge in [-0.25, -0.2) is 0 Å². The van der Waals surface area contributed by atoms with Gasteiger partial charge in [0.25, 0.3) is 0 Å². The number of carbonyl (C=O) groups is 1. The van der Waals surface area contributed by atoms with Crippen molar-refractivity contribution in [2.24, 2.45) is 45.8 Å². The molecule has 8 atom stereocenters. The first kappa shape index (κ1) is 24.9. The summed E-state index contributed by atoms with van der Waals surface area (Å²) in [7, 11) is 0. The average molecular weight is 455 g/mol. The lowest BCUT2D eigenvalue weighted by atomic mass is 9.45. The Morgan fingerprint density at radius 1 is 1.09 bits per heavy atom. The number of aliphatic hydroxyl groups is 2. The highest BCUT2D eigenvalue weighted by molar-refractivity contribution is 5.93. The molecule has 2 saturated carbocycles. The van der Waals surface area contributed by atoms with Crippen molar-refractivity contribution in [2.45, 2.75) is 92.6 Å². The second-order valence-corrected chi connectivity index (χ2v) is 12.6. The van der Waals surface area contributed by atoms with E-state index in [2.05, 4.69) is 53.7 Å². The Balaban J connectivity index is 1.69. The lowest BCUT2D eigenvalue weighted by molar-refractivity contribution is -0.118. The summed E-state index contributed by atoms with van der Waals surface area (Å²) in [4.78, 5) is 12.2. The maximum atomic E-state index is 12.2. The smallest absolute Gasteiger partial charge is 0.156 e. The third-order valence-electron chi connectivity index (χ3n) is 10.9. The summed E-state index contributed by atoms with van der Waals surface area (Å²) >= 11 is 0. The van der Waals surface area contributed by atoms with Gasteiger partial charge in [0.05, 0.1) is 12.7 Å². The van der Waals surface area contributed by atoms with Crippen molar-refractivity contribution >= 4 is 5.78 Å². The fourth-order valence-corrected chi connectivity index (χ4v) is 8.60. The van der Waals surface area contributed by atoms with E-state index in [1.54, 1.807) is 6.08 Å². The molecule has 8 unspecified atom stereocenters. The van der Waals surface area contributed by atoms with Gasteiger partial charge in [0.15, 0.2) is 5.78 Å². The van der Waals surface area contributed by atoms with Crippen LogP contribution in [0.1, 0.15) is 86.5 Å². The van der Waals surface area contributed by atoms with Crippen molar-refractivity contribution in [3.05, 3.63) is 35.5 Å². The van der Waals surface area contributed by atoms with Crippen LogP contribution in [0.25, 0.3) is 0 Å². The molecule has 0 spiro atoms. The highest BCUT2D eigenvalue weighted by Gasteiger charge is 2.64. The Labute approximate surface area is 201 Å². The van der Waals surface area contributed by atoms with Gasteiger partial charge in [0.2, 0.25) is 0 Å². The Kier molecular flexibility index (Phi) is 6.64. The van der Waals surface area contributed by atoms with Gasteiger partial charge in [0, 0.05) is 11.8 Å². The number of hydrogen-bond acceptors (Lipinski definition) is 3. The third kappa shape index (κ3) is 3.73. The average Bonchev–Trinajstić information content (AvgIpc) is 3.04. The highest BCUT2D eigenvalue weighted by Crippen LogP contribution is 2.71. The molecular formula is C30H46O3. The van der Waals surface area contributed by atoms with Crippen molar-refractivity contribution in [2.75, 3.05) is 6.61 Å².